The molecule has 1 unspecified atom stereocenters. The predicted octanol–water partition coefficient (Wildman–Crippen LogP) is 2.65. The molecule has 0 spiro atoms. The van der Waals surface area contributed by atoms with Crippen LogP contribution in [0.1, 0.15) is 6.92 Å². The van der Waals surface area contributed by atoms with E-state index in [1.54, 1.807) is 38.4 Å². The first-order valence-corrected chi connectivity index (χ1v) is 8.73. The number of aromatic nitrogens is 1. The maximum atomic E-state index is 12.4. The van der Waals surface area contributed by atoms with Gasteiger partial charge in [-0.15, -0.1) is 0 Å². The smallest absolute Gasteiger partial charge is 0.292 e. The molecule has 0 aliphatic heterocycles. The molecule has 0 fully saturated rings. The Morgan fingerprint density at radius 2 is 1.96 bits per heavy atom. The predicted molar refractivity (Wildman–Crippen MR) is 104 cm³/mol. The van der Waals surface area contributed by atoms with E-state index in [2.05, 4.69) is 31.5 Å². The van der Waals surface area contributed by atoms with E-state index in [0.717, 1.165) is 4.47 Å². The minimum Gasteiger partial charge on any atom is -0.319 e. The average molecular weight is 436 g/mol. The van der Waals surface area contributed by atoms with Crippen LogP contribution < -0.4 is 10.6 Å². The standard InChI is InChI=1S/C17H18BrN5O4/c1-11(17(25)20-13-5-3-4-6-14(13)23(26)27)22(2)10-16(24)21-15-8-7-12(18)9-19-15/h3-9,11H,10H2,1-2H3,(H,20,25)(H,19,21,24). The lowest BCUT2D eigenvalue weighted by atomic mass is 10.2. The summed E-state index contributed by atoms with van der Waals surface area (Å²) in [5.41, 5.74) is -0.0870. The second-order valence-corrected chi connectivity index (χ2v) is 6.68. The summed E-state index contributed by atoms with van der Waals surface area (Å²) >= 11 is 3.26. The van der Waals surface area contributed by atoms with Gasteiger partial charge in [-0.2, -0.15) is 0 Å². The van der Waals surface area contributed by atoms with Gasteiger partial charge in [-0.05, 0) is 48.1 Å². The largest absolute Gasteiger partial charge is 0.319 e. The van der Waals surface area contributed by atoms with Crippen molar-refractivity contribution < 1.29 is 14.5 Å². The molecule has 9 nitrogen and oxygen atoms in total. The van der Waals surface area contributed by atoms with Crippen LogP contribution in [0, 0.1) is 10.1 Å². The Kier molecular flexibility index (Phi) is 6.97. The van der Waals surface area contributed by atoms with Crippen LogP contribution in [0.3, 0.4) is 0 Å². The van der Waals surface area contributed by atoms with Crippen LogP contribution in [-0.4, -0.2) is 46.3 Å². The quantitative estimate of drug-likeness (QED) is 0.509. The normalized spacial score (nSPS) is 11.7. The van der Waals surface area contributed by atoms with Gasteiger partial charge in [0.05, 0.1) is 17.5 Å². The van der Waals surface area contributed by atoms with Crippen molar-refractivity contribution in [2.45, 2.75) is 13.0 Å². The number of carbonyl (C=O) groups excluding carboxylic acids is 2. The lowest BCUT2D eigenvalue weighted by Gasteiger charge is -2.23. The maximum Gasteiger partial charge on any atom is 0.292 e. The van der Waals surface area contributed by atoms with Crippen molar-refractivity contribution >= 4 is 44.9 Å². The number of halogens is 1. The van der Waals surface area contributed by atoms with Crippen molar-refractivity contribution in [1.29, 1.82) is 0 Å². The number of likely N-dealkylation sites (N-methyl/N-ethyl adjacent to an activating group) is 1. The topological polar surface area (TPSA) is 117 Å². The molecule has 1 aromatic carbocycles. The van der Waals surface area contributed by atoms with Gasteiger partial charge in [0.1, 0.15) is 11.5 Å². The number of nitrogens with one attached hydrogen (secondary N) is 2. The third-order valence-electron chi connectivity index (χ3n) is 3.79. The molecule has 142 valence electrons. The second-order valence-electron chi connectivity index (χ2n) is 5.76. The molecule has 0 radical (unpaired) electrons. The number of amides is 2. The van der Waals surface area contributed by atoms with E-state index in [0.29, 0.717) is 5.82 Å². The summed E-state index contributed by atoms with van der Waals surface area (Å²) in [7, 11) is 1.61. The lowest BCUT2D eigenvalue weighted by Crippen LogP contribution is -2.43. The summed E-state index contributed by atoms with van der Waals surface area (Å²) in [6.07, 6.45) is 1.56. The minimum atomic E-state index is -0.687. The molecule has 0 bridgehead atoms. The third kappa shape index (κ3) is 5.83. The summed E-state index contributed by atoms with van der Waals surface area (Å²) < 4.78 is 0.790. The molecule has 2 aromatic rings. The van der Waals surface area contributed by atoms with Gasteiger partial charge >= 0.3 is 0 Å². The number of nitro groups is 1. The Bertz CT molecular complexity index is 843. The molecule has 1 atom stereocenters. The molecule has 0 saturated carbocycles. The van der Waals surface area contributed by atoms with Crippen LogP contribution >= 0.6 is 15.9 Å². The summed E-state index contributed by atoms with van der Waals surface area (Å²) in [5.74, 6) is -0.396. The van der Waals surface area contributed by atoms with Crippen molar-refractivity contribution in [1.82, 2.24) is 9.88 Å². The first-order valence-electron chi connectivity index (χ1n) is 7.94. The first-order chi connectivity index (χ1) is 12.8. The van der Waals surface area contributed by atoms with Crippen molar-refractivity contribution in [3.63, 3.8) is 0 Å². The number of carbonyl (C=O) groups is 2. The average Bonchev–Trinajstić information content (AvgIpc) is 2.63. The van der Waals surface area contributed by atoms with E-state index < -0.39 is 16.9 Å². The van der Waals surface area contributed by atoms with Crippen molar-refractivity contribution in [2.24, 2.45) is 0 Å². The fourth-order valence-electron chi connectivity index (χ4n) is 2.17. The number of anilines is 2. The van der Waals surface area contributed by atoms with E-state index in [-0.39, 0.29) is 23.8 Å². The van der Waals surface area contributed by atoms with Crippen molar-refractivity contribution in [3.8, 4) is 0 Å². The van der Waals surface area contributed by atoms with Crippen LogP contribution in [0.15, 0.2) is 47.1 Å². The zero-order valence-corrected chi connectivity index (χ0v) is 16.3. The van der Waals surface area contributed by atoms with E-state index in [9.17, 15) is 19.7 Å². The van der Waals surface area contributed by atoms with Crippen LogP contribution in [0.4, 0.5) is 17.2 Å². The molecular weight excluding hydrogens is 418 g/mol. The summed E-state index contributed by atoms with van der Waals surface area (Å²) in [5, 5.41) is 16.2. The molecular formula is C17H18BrN5O4. The highest BCUT2D eigenvalue weighted by Gasteiger charge is 2.23. The van der Waals surface area contributed by atoms with Crippen LogP contribution in [0.5, 0.6) is 0 Å². The molecule has 27 heavy (non-hydrogen) atoms. The Hall–Kier alpha value is -2.85. The maximum absolute atomic E-state index is 12.4. The molecule has 0 aliphatic carbocycles. The van der Waals surface area contributed by atoms with Gasteiger partial charge in [0, 0.05) is 16.7 Å². The number of pyridine rings is 1. The van der Waals surface area contributed by atoms with Crippen molar-refractivity contribution in [3.05, 3.63) is 57.2 Å². The first kappa shape index (κ1) is 20.5. The number of hydrogen-bond acceptors (Lipinski definition) is 6. The Morgan fingerprint density at radius 3 is 2.59 bits per heavy atom. The number of nitrogens with zero attached hydrogens (tertiary/aromatic N) is 3. The molecule has 2 N–H and O–H groups in total. The molecule has 1 aromatic heterocycles. The van der Waals surface area contributed by atoms with Crippen LogP contribution in [0.25, 0.3) is 0 Å². The summed E-state index contributed by atoms with van der Waals surface area (Å²) in [4.78, 5) is 40.5. The molecule has 0 aliphatic rings. The molecule has 0 saturated heterocycles. The second kappa shape index (κ2) is 9.19. The Morgan fingerprint density at radius 1 is 1.26 bits per heavy atom. The number of rotatable bonds is 7. The Balaban J connectivity index is 1.94. The minimum absolute atomic E-state index is 0.0524. The van der Waals surface area contributed by atoms with Crippen LogP contribution in [-0.2, 0) is 9.59 Å². The SMILES string of the molecule is CC(C(=O)Nc1ccccc1[N+](=O)[O-])N(C)CC(=O)Nc1ccc(Br)cn1. The molecule has 2 rings (SSSR count). The fourth-order valence-corrected chi connectivity index (χ4v) is 2.41. The monoisotopic (exact) mass is 435 g/mol. The lowest BCUT2D eigenvalue weighted by molar-refractivity contribution is -0.383. The van der Waals surface area contributed by atoms with Gasteiger partial charge in [-0.25, -0.2) is 4.98 Å². The van der Waals surface area contributed by atoms with Gasteiger partial charge in [-0.1, -0.05) is 12.1 Å². The van der Waals surface area contributed by atoms with Gasteiger partial charge in [0.15, 0.2) is 0 Å². The highest BCUT2D eigenvalue weighted by molar-refractivity contribution is 9.10. The van der Waals surface area contributed by atoms with Crippen molar-refractivity contribution in [2.75, 3.05) is 24.2 Å². The highest BCUT2D eigenvalue weighted by Crippen LogP contribution is 2.23. The number of hydrogen-bond donors (Lipinski definition) is 2. The number of nitro benzene ring substituents is 1. The fraction of sp³-hybridized carbons (Fsp3) is 0.235. The van der Waals surface area contributed by atoms with E-state index >= 15 is 0 Å². The molecule has 2 amide bonds. The molecule has 10 heteroatoms. The van der Waals surface area contributed by atoms with Gasteiger partial charge in [-0.3, -0.25) is 24.6 Å². The van der Waals surface area contributed by atoms with E-state index in [1.165, 1.54) is 23.1 Å². The van der Waals surface area contributed by atoms with Crippen LogP contribution in [0.2, 0.25) is 0 Å². The highest BCUT2D eigenvalue weighted by atomic mass is 79.9. The Labute approximate surface area is 164 Å². The zero-order chi connectivity index (χ0) is 20.0. The van der Waals surface area contributed by atoms with E-state index in [4.69, 9.17) is 0 Å². The van der Waals surface area contributed by atoms with Gasteiger partial charge in [0.25, 0.3) is 5.69 Å². The molecule has 1 heterocycles. The number of benzene rings is 1. The summed E-state index contributed by atoms with van der Waals surface area (Å²) in [6.45, 7) is 1.55. The third-order valence-corrected chi connectivity index (χ3v) is 4.26. The van der Waals surface area contributed by atoms with E-state index in [1.807, 2.05) is 0 Å². The van der Waals surface area contributed by atoms with Gasteiger partial charge < -0.3 is 10.6 Å². The van der Waals surface area contributed by atoms with Gasteiger partial charge in [0.2, 0.25) is 11.8 Å². The number of para-hydroxylation sites is 2. The zero-order valence-electron chi connectivity index (χ0n) is 14.7. The summed E-state index contributed by atoms with van der Waals surface area (Å²) in [6, 6.07) is 8.58.